The standard InChI is InChI=1S/C15H19N3O3/c1-20-12-7-18(8-13(12)21-2)15(19)11-6-9-4-3-5-10(16)14(9)17-11/h3-6,12-13,17H,7-8,16H2,1-2H3. The van der Waals surface area contributed by atoms with Crippen LogP contribution in [0, 0.1) is 0 Å². The van der Waals surface area contributed by atoms with Crippen LogP contribution in [0.25, 0.3) is 10.9 Å². The number of rotatable bonds is 3. The number of aromatic nitrogens is 1. The highest BCUT2D eigenvalue weighted by atomic mass is 16.5. The number of hydrogen-bond donors (Lipinski definition) is 2. The van der Waals surface area contributed by atoms with E-state index < -0.39 is 0 Å². The third-order valence-electron chi connectivity index (χ3n) is 4.03. The van der Waals surface area contributed by atoms with E-state index in [1.54, 1.807) is 19.1 Å². The summed E-state index contributed by atoms with van der Waals surface area (Å²) in [6.45, 7) is 1.05. The van der Waals surface area contributed by atoms with Gasteiger partial charge in [-0.2, -0.15) is 0 Å². The van der Waals surface area contributed by atoms with E-state index in [2.05, 4.69) is 4.98 Å². The van der Waals surface area contributed by atoms with Crippen molar-refractivity contribution < 1.29 is 14.3 Å². The van der Waals surface area contributed by atoms with Crippen LogP contribution in [0.2, 0.25) is 0 Å². The molecule has 1 amide bonds. The molecule has 1 saturated heterocycles. The number of ether oxygens (including phenoxy) is 2. The summed E-state index contributed by atoms with van der Waals surface area (Å²) in [6, 6.07) is 7.44. The molecule has 21 heavy (non-hydrogen) atoms. The molecule has 6 heteroatoms. The van der Waals surface area contributed by atoms with Gasteiger partial charge in [0.2, 0.25) is 0 Å². The molecule has 3 N–H and O–H groups in total. The average molecular weight is 289 g/mol. The predicted octanol–water partition coefficient (Wildman–Crippen LogP) is 1.24. The number of aromatic amines is 1. The molecule has 3 rings (SSSR count). The number of nitrogens with zero attached hydrogens (tertiary/aromatic N) is 1. The lowest BCUT2D eigenvalue weighted by molar-refractivity contribution is -0.00461. The minimum Gasteiger partial charge on any atom is -0.397 e. The van der Waals surface area contributed by atoms with Gasteiger partial charge in [-0.05, 0) is 12.1 Å². The van der Waals surface area contributed by atoms with Crippen molar-refractivity contribution in [2.24, 2.45) is 0 Å². The molecule has 2 aromatic rings. The summed E-state index contributed by atoms with van der Waals surface area (Å²) in [5, 5.41) is 0.934. The van der Waals surface area contributed by atoms with Gasteiger partial charge in [-0.25, -0.2) is 0 Å². The van der Waals surface area contributed by atoms with Crippen molar-refractivity contribution in [3.63, 3.8) is 0 Å². The zero-order chi connectivity index (χ0) is 15.0. The van der Waals surface area contributed by atoms with Crippen molar-refractivity contribution >= 4 is 22.5 Å². The van der Waals surface area contributed by atoms with E-state index in [1.165, 1.54) is 0 Å². The van der Waals surface area contributed by atoms with Gasteiger partial charge in [0.1, 0.15) is 17.9 Å². The summed E-state index contributed by atoms with van der Waals surface area (Å²) < 4.78 is 10.7. The van der Waals surface area contributed by atoms with E-state index in [9.17, 15) is 4.79 Å². The maximum Gasteiger partial charge on any atom is 0.270 e. The van der Waals surface area contributed by atoms with E-state index in [4.69, 9.17) is 15.2 Å². The molecule has 1 aromatic heterocycles. The molecule has 0 radical (unpaired) electrons. The van der Waals surface area contributed by atoms with Gasteiger partial charge in [-0.1, -0.05) is 12.1 Å². The van der Waals surface area contributed by atoms with Crippen LogP contribution in [-0.4, -0.2) is 55.3 Å². The molecular weight excluding hydrogens is 270 g/mol. The number of anilines is 1. The smallest absolute Gasteiger partial charge is 0.270 e. The molecule has 112 valence electrons. The van der Waals surface area contributed by atoms with Gasteiger partial charge >= 0.3 is 0 Å². The number of benzene rings is 1. The van der Waals surface area contributed by atoms with Crippen molar-refractivity contribution in [2.75, 3.05) is 33.0 Å². The highest BCUT2D eigenvalue weighted by Crippen LogP contribution is 2.23. The number of likely N-dealkylation sites (tertiary alicyclic amines) is 1. The Kier molecular flexibility index (Phi) is 3.57. The van der Waals surface area contributed by atoms with Gasteiger partial charge in [-0.3, -0.25) is 4.79 Å². The fourth-order valence-electron chi connectivity index (χ4n) is 2.83. The van der Waals surface area contributed by atoms with Gasteiger partial charge in [0.05, 0.1) is 11.2 Å². The molecule has 6 nitrogen and oxygen atoms in total. The summed E-state index contributed by atoms with van der Waals surface area (Å²) in [7, 11) is 3.27. The molecule has 0 aliphatic carbocycles. The summed E-state index contributed by atoms with van der Waals surface area (Å²) in [5.74, 6) is -0.0628. The van der Waals surface area contributed by atoms with Crippen molar-refractivity contribution in [3.05, 3.63) is 30.0 Å². The number of carbonyl (C=O) groups excluding carboxylic acids is 1. The summed E-state index contributed by atoms with van der Waals surface area (Å²) in [4.78, 5) is 17.4. The fraction of sp³-hybridized carbons (Fsp3) is 0.400. The largest absolute Gasteiger partial charge is 0.397 e. The lowest BCUT2D eigenvalue weighted by atomic mass is 10.2. The first-order valence-corrected chi connectivity index (χ1v) is 6.86. The Balaban J connectivity index is 1.86. The van der Waals surface area contributed by atoms with Gasteiger partial charge in [-0.15, -0.1) is 0 Å². The van der Waals surface area contributed by atoms with E-state index in [1.807, 2.05) is 24.3 Å². The monoisotopic (exact) mass is 289 g/mol. The summed E-state index contributed by atoms with van der Waals surface area (Å²) in [5.41, 5.74) is 7.89. The zero-order valence-corrected chi connectivity index (χ0v) is 12.1. The Morgan fingerprint density at radius 1 is 1.29 bits per heavy atom. The molecule has 0 saturated carbocycles. The van der Waals surface area contributed by atoms with E-state index in [0.717, 1.165) is 10.9 Å². The number of hydrogen-bond acceptors (Lipinski definition) is 4. The van der Waals surface area contributed by atoms with Gasteiger partial charge in [0.15, 0.2) is 0 Å². The number of nitrogens with one attached hydrogen (secondary N) is 1. The SMILES string of the molecule is COC1CN(C(=O)c2cc3cccc(N)c3[nH]2)CC1OC. The second kappa shape index (κ2) is 5.38. The highest BCUT2D eigenvalue weighted by Gasteiger charge is 2.36. The molecule has 1 aliphatic heterocycles. The molecule has 1 aromatic carbocycles. The predicted molar refractivity (Wildman–Crippen MR) is 80.2 cm³/mol. The molecule has 2 unspecified atom stereocenters. The molecule has 0 bridgehead atoms. The Morgan fingerprint density at radius 2 is 1.95 bits per heavy atom. The first-order chi connectivity index (χ1) is 10.1. The zero-order valence-electron chi connectivity index (χ0n) is 12.1. The number of methoxy groups -OCH3 is 2. The van der Waals surface area contributed by atoms with Crippen LogP contribution >= 0.6 is 0 Å². The second-order valence-electron chi connectivity index (χ2n) is 5.25. The highest BCUT2D eigenvalue weighted by molar-refractivity contribution is 6.01. The number of nitrogens with two attached hydrogens (primary N) is 1. The van der Waals surface area contributed by atoms with Crippen molar-refractivity contribution in [3.8, 4) is 0 Å². The van der Waals surface area contributed by atoms with Crippen LogP contribution in [-0.2, 0) is 9.47 Å². The first-order valence-electron chi connectivity index (χ1n) is 6.86. The van der Waals surface area contributed by atoms with Gasteiger partial charge in [0, 0.05) is 32.7 Å². The van der Waals surface area contributed by atoms with Crippen LogP contribution < -0.4 is 5.73 Å². The number of carbonyl (C=O) groups is 1. The van der Waals surface area contributed by atoms with Crippen molar-refractivity contribution in [2.45, 2.75) is 12.2 Å². The molecule has 1 aliphatic rings. The molecule has 0 spiro atoms. The van der Waals surface area contributed by atoms with E-state index in [0.29, 0.717) is 24.5 Å². The first kappa shape index (κ1) is 13.9. The maximum absolute atomic E-state index is 12.6. The topological polar surface area (TPSA) is 80.6 Å². The minimum absolute atomic E-state index is 0.0628. The van der Waals surface area contributed by atoms with E-state index >= 15 is 0 Å². The quantitative estimate of drug-likeness (QED) is 0.833. The van der Waals surface area contributed by atoms with Gasteiger partial charge in [0.25, 0.3) is 5.91 Å². The third kappa shape index (κ3) is 2.36. The third-order valence-corrected chi connectivity index (χ3v) is 4.03. The fourth-order valence-corrected chi connectivity index (χ4v) is 2.83. The summed E-state index contributed by atoms with van der Waals surface area (Å²) >= 11 is 0. The van der Waals surface area contributed by atoms with E-state index in [-0.39, 0.29) is 18.1 Å². The number of para-hydroxylation sites is 1. The molecule has 2 atom stereocenters. The Hall–Kier alpha value is -2.05. The minimum atomic E-state index is -0.0894. The van der Waals surface area contributed by atoms with Crippen LogP contribution in [0.1, 0.15) is 10.5 Å². The molecule has 2 heterocycles. The molecule has 1 fully saturated rings. The average Bonchev–Trinajstić information content (AvgIpc) is 3.10. The molecular formula is C15H19N3O3. The Labute approximate surface area is 122 Å². The van der Waals surface area contributed by atoms with Crippen molar-refractivity contribution in [1.29, 1.82) is 0 Å². The second-order valence-corrected chi connectivity index (χ2v) is 5.25. The Bertz CT molecular complexity index is 655. The van der Waals surface area contributed by atoms with Crippen LogP contribution in [0.4, 0.5) is 5.69 Å². The number of amides is 1. The van der Waals surface area contributed by atoms with Crippen LogP contribution in [0.5, 0.6) is 0 Å². The Morgan fingerprint density at radius 3 is 2.52 bits per heavy atom. The van der Waals surface area contributed by atoms with Crippen LogP contribution in [0.3, 0.4) is 0 Å². The van der Waals surface area contributed by atoms with Crippen molar-refractivity contribution in [1.82, 2.24) is 9.88 Å². The van der Waals surface area contributed by atoms with Gasteiger partial charge < -0.3 is 25.1 Å². The number of fused-ring (bicyclic) bond motifs is 1. The summed E-state index contributed by atoms with van der Waals surface area (Å²) in [6.07, 6.45) is -0.179. The maximum atomic E-state index is 12.6. The number of nitrogen functional groups attached to an aromatic ring is 1. The number of H-pyrrole nitrogens is 1. The normalized spacial score (nSPS) is 22.1. The lowest BCUT2D eigenvalue weighted by Crippen LogP contribution is -2.30. The van der Waals surface area contributed by atoms with Crippen LogP contribution in [0.15, 0.2) is 24.3 Å². The lowest BCUT2D eigenvalue weighted by Gasteiger charge is -2.14.